The maximum absolute atomic E-state index is 13.1. The third-order valence-corrected chi connectivity index (χ3v) is 6.35. The number of ether oxygens (including phenoxy) is 1. The number of thiophene rings is 1. The Morgan fingerprint density at radius 3 is 2.46 bits per heavy atom. The molecule has 0 atom stereocenters. The number of rotatable bonds is 4. The van der Waals surface area contributed by atoms with Gasteiger partial charge >= 0.3 is 5.97 Å². The molecule has 2 heterocycles. The van der Waals surface area contributed by atoms with Crippen LogP contribution in [0.1, 0.15) is 27.7 Å². The number of halogens is 1. The molecule has 150 valence electrons. The second-order valence-electron chi connectivity index (χ2n) is 6.57. The summed E-state index contributed by atoms with van der Waals surface area (Å²) in [5.74, 6) is -0.570. The van der Waals surface area contributed by atoms with Crippen LogP contribution in [0.5, 0.6) is 0 Å². The number of piperazine rings is 1. The van der Waals surface area contributed by atoms with E-state index in [0.717, 1.165) is 53.7 Å². The van der Waals surface area contributed by atoms with Gasteiger partial charge in [-0.25, -0.2) is 9.18 Å². The molecule has 2 aromatic rings. The van der Waals surface area contributed by atoms with Gasteiger partial charge in [-0.3, -0.25) is 0 Å². The first-order valence-corrected chi connectivity index (χ1v) is 10.4. The maximum atomic E-state index is 13.1. The summed E-state index contributed by atoms with van der Waals surface area (Å²) in [4.78, 5) is 17.7. The van der Waals surface area contributed by atoms with Crippen molar-refractivity contribution in [1.82, 2.24) is 4.90 Å². The molecule has 5 nitrogen and oxygen atoms in total. The summed E-state index contributed by atoms with van der Waals surface area (Å²) in [6.07, 6.45) is 0.761. The Balaban J connectivity index is 1.66. The zero-order valence-electron chi connectivity index (χ0n) is 16.3. The van der Waals surface area contributed by atoms with Crippen LogP contribution in [0.25, 0.3) is 0 Å². The number of carbonyl (C=O) groups excluding carboxylic acids is 1. The SMILES string of the molecule is CCc1c(C)sc(NC(=S)N2CCN(c3ccc(F)cc3)CC2)c1C(=O)OC. The molecular formula is C20H24FN3O2S2. The van der Waals surface area contributed by atoms with Crippen molar-refractivity contribution in [2.75, 3.05) is 43.5 Å². The van der Waals surface area contributed by atoms with Gasteiger partial charge in [0.15, 0.2) is 5.11 Å². The summed E-state index contributed by atoms with van der Waals surface area (Å²) in [5, 5.41) is 4.61. The van der Waals surface area contributed by atoms with Crippen molar-refractivity contribution in [1.29, 1.82) is 0 Å². The fraction of sp³-hybridized carbons (Fsp3) is 0.400. The van der Waals surface area contributed by atoms with Crippen LogP contribution in [-0.2, 0) is 11.2 Å². The fourth-order valence-corrected chi connectivity index (χ4v) is 4.89. The van der Waals surface area contributed by atoms with Gasteiger partial charge in [0.05, 0.1) is 12.7 Å². The third-order valence-electron chi connectivity index (χ3n) is 4.93. The molecule has 0 radical (unpaired) electrons. The normalized spacial score (nSPS) is 14.1. The van der Waals surface area contributed by atoms with Crippen LogP contribution in [0.3, 0.4) is 0 Å². The van der Waals surface area contributed by atoms with Gasteiger partial charge in [0.1, 0.15) is 10.8 Å². The summed E-state index contributed by atoms with van der Waals surface area (Å²) in [7, 11) is 1.39. The summed E-state index contributed by atoms with van der Waals surface area (Å²) in [6, 6.07) is 6.55. The lowest BCUT2D eigenvalue weighted by Gasteiger charge is -2.37. The number of esters is 1. The first kappa shape index (κ1) is 20.5. The van der Waals surface area contributed by atoms with E-state index in [1.54, 1.807) is 12.1 Å². The highest BCUT2D eigenvalue weighted by molar-refractivity contribution is 7.80. The predicted molar refractivity (Wildman–Crippen MR) is 116 cm³/mol. The molecule has 0 unspecified atom stereocenters. The van der Waals surface area contributed by atoms with Crippen molar-refractivity contribution in [3.05, 3.63) is 46.1 Å². The molecule has 0 saturated carbocycles. The molecule has 1 aliphatic heterocycles. The van der Waals surface area contributed by atoms with Gasteiger partial charge < -0.3 is 19.9 Å². The predicted octanol–water partition coefficient (Wildman–Crippen LogP) is 4.06. The molecule has 1 saturated heterocycles. The molecule has 8 heteroatoms. The summed E-state index contributed by atoms with van der Waals surface area (Å²) >= 11 is 7.13. The van der Waals surface area contributed by atoms with Crippen molar-refractivity contribution >= 4 is 45.3 Å². The van der Waals surface area contributed by atoms with Crippen LogP contribution in [0.2, 0.25) is 0 Å². The largest absolute Gasteiger partial charge is 0.465 e. The van der Waals surface area contributed by atoms with Crippen LogP contribution in [0.15, 0.2) is 24.3 Å². The van der Waals surface area contributed by atoms with Crippen molar-refractivity contribution < 1.29 is 13.9 Å². The monoisotopic (exact) mass is 421 g/mol. The Labute approximate surface area is 174 Å². The van der Waals surface area contributed by atoms with Crippen molar-refractivity contribution in [2.24, 2.45) is 0 Å². The molecule has 1 aromatic heterocycles. The number of nitrogens with one attached hydrogen (secondary N) is 1. The second-order valence-corrected chi connectivity index (χ2v) is 8.18. The molecule has 0 aliphatic carbocycles. The molecule has 1 aliphatic rings. The lowest BCUT2D eigenvalue weighted by Crippen LogP contribution is -2.50. The van der Waals surface area contributed by atoms with Gasteiger partial charge in [0, 0.05) is 36.7 Å². The van der Waals surface area contributed by atoms with Crippen molar-refractivity contribution in [3.8, 4) is 0 Å². The average molecular weight is 422 g/mol. The zero-order chi connectivity index (χ0) is 20.3. The maximum Gasteiger partial charge on any atom is 0.341 e. The summed E-state index contributed by atoms with van der Waals surface area (Å²) in [6.45, 7) is 7.12. The van der Waals surface area contributed by atoms with Crippen LogP contribution in [-0.4, -0.2) is 49.3 Å². The van der Waals surface area contributed by atoms with E-state index in [1.807, 2.05) is 13.8 Å². The highest BCUT2D eigenvalue weighted by Crippen LogP contribution is 2.34. The van der Waals surface area contributed by atoms with E-state index >= 15 is 0 Å². The molecule has 0 spiro atoms. The molecule has 3 rings (SSSR count). The fourth-order valence-electron chi connectivity index (χ4n) is 3.41. The number of methoxy groups -OCH3 is 1. The second kappa shape index (κ2) is 8.87. The summed E-state index contributed by atoms with van der Waals surface area (Å²) in [5.41, 5.74) is 2.59. The Morgan fingerprint density at radius 1 is 1.25 bits per heavy atom. The summed E-state index contributed by atoms with van der Waals surface area (Å²) < 4.78 is 18.1. The van der Waals surface area contributed by atoms with Crippen molar-refractivity contribution in [3.63, 3.8) is 0 Å². The standard InChI is InChI=1S/C20H24FN3O2S2/c1-4-16-13(2)28-18(17(16)19(25)26-3)22-20(27)24-11-9-23(10-12-24)15-7-5-14(21)6-8-15/h5-8H,4,9-12H2,1-3H3,(H,22,27). The Hall–Kier alpha value is -2.19. The molecule has 1 N–H and O–H groups in total. The van der Waals surface area contributed by atoms with E-state index in [0.29, 0.717) is 10.7 Å². The number of carbonyl (C=O) groups is 1. The van der Waals surface area contributed by atoms with E-state index < -0.39 is 0 Å². The topological polar surface area (TPSA) is 44.8 Å². The van der Waals surface area contributed by atoms with E-state index in [9.17, 15) is 9.18 Å². The number of nitrogens with zero attached hydrogens (tertiary/aromatic N) is 2. The number of benzene rings is 1. The van der Waals surface area contributed by atoms with Gasteiger partial charge in [-0.2, -0.15) is 0 Å². The number of aryl methyl sites for hydroxylation is 1. The highest BCUT2D eigenvalue weighted by atomic mass is 32.1. The van der Waals surface area contributed by atoms with E-state index in [2.05, 4.69) is 15.1 Å². The van der Waals surface area contributed by atoms with Crippen molar-refractivity contribution in [2.45, 2.75) is 20.3 Å². The first-order valence-electron chi connectivity index (χ1n) is 9.21. The van der Waals surface area contributed by atoms with Gasteiger partial charge in [-0.1, -0.05) is 6.92 Å². The smallest absolute Gasteiger partial charge is 0.341 e. The Morgan fingerprint density at radius 2 is 1.89 bits per heavy atom. The van der Waals surface area contributed by atoms with E-state index in [4.69, 9.17) is 17.0 Å². The van der Waals surface area contributed by atoms with Gasteiger partial charge in [0.2, 0.25) is 0 Å². The van der Waals surface area contributed by atoms with Crippen LogP contribution >= 0.6 is 23.6 Å². The van der Waals surface area contributed by atoms with Crippen LogP contribution in [0, 0.1) is 12.7 Å². The van der Waals surface area contributed by atoms with E-state index in [1.165, 1.54) is 30.6 Å². The molecule has 0 amide bonds. The Kier molecular flexibility index (Phi) is 6.51. The minimum Gasteiger partial charge on any atom is -0.465 e. The minimum atomic E-state index is -0.340. The molecule has 28 heavy (non-hydrogen) atoms. The number of thiocarbonyl (C=S) groups is 1. The first-order chi connectivity index (χ1) is 13.4. The zero-order valence-corrected chi connectivity index (χ0v) is 17.9. The average Bonchev–Trinajstić information content (AvgIpc) is 3.02. The quantitative estimate of drug-likeness (QED) is 0.593. The van der Waals surface area contributed by atoms with Gasteiger partial charge in [-0.15, -0.1) is 11.3 Å². The highest BCUT2D eigenvalue weighted by Gasteiger charge is 2.25. The van der Waals surface area contributed by atoms with Gasteiger partial charge in [-0.05, 0) is 55.4 Å². The number of anilines is 2. The number of hydrogen-bond acceptors (Lipinski definition) is 5. The molecule has 1 fully saturated rings. The molecule has 0 bridgehead atoms. The number of hydrogen-bond donors (Lipinski definition) is 1. The lowest BCUT2D eigenvalue weighted by molar-refractivity contribution is 0.0601. The molecular weight excluding hydrogens is 397 g/mol. The van der Waals surface area contributed by atoms with Crippen LogP contribution < -0.4 is 10.2 Å². The molecule has 1 aromatic carbocycles. The van der Waals surface area contributed by atoms with E-state index in [-0.39, 0.29) is 11.8 Å². The third kappa shape index (κ3) is 4.28. The lowest BCUT2D eigenvalue weighted by atomic mass is 10.1. The van der Waals surface area contributed by atoms with Gasteiger partial charge in [0.25, 0.3) is 0 Å². The minimum absolute atomic E-state index is 0.230. The van der Waals surface area contributed by atoms with Crippen LogP contribution in [0.4, 0.5) is 15.1 Å². The Bertz CT molecular complexity index is 859.